The van der Waals surface area contributed by atoms with Gasteiger partial charge >= 0.3 is 0 Å². The van der Waals surface area contributed by atoms with Crippen molar-refractivity contribution in [3.05, 3.63) is 29.3 Å². The van der Waals surface area contributed by atoms with Crippen molar-refractivity contribution in [1.29, 1.82) is 0 Å². The fourth-order valence-electron chi connectivity index (χ4n) is 3.10. The van der Waals surface area contributed by atoms with Gasteiger partial charge in [-0.2, -0.15) is 0 Å². The molecule has 3 nitrogen and oxygen atoms in total. The Morgan fingerprint density at radius 1 is 1.13 bits per heavy atom. The number of nitrogens with zero attached hydrogens (tertiary/aromatic N) is 1. The fourth-order valence-corrected chi connectivity index (χ4v) is 3.10. The first-order chi connectivity index (χ1) is 11.0. The maximum Gasteiger partial charge on any atom is 0.123 e. The van der Waals surface area contributed by atoms with Crippen molar-refractivity contribution >= 4 is 0 Å². The van der Waals surface area contributed by atoms with E-state index in [1.165, 1.54) is 50.1 Å². The van der Waals surface area contributed by atoms with Gasteiger partial charge in [-0.05, 0) is 62.9 Å². The third-order valence-electron chi connectivity index (χ3n) is 4.50. The number of hydrogen-bond donors (Lipinski definition) is 1. The summed E-state index contributed by atoms with van der Waals surface area (Å²) in [4.78, 5) is 2.58. The molecule has 1 aliphatic heterocycles. The Morgan fingerprint density at radius 3 is 2.74 bits per heavy atom. The minimum Gasteiger partial charge on any atom is -0.493 e. The van der Waals surface area contributed by atoms with E-state index >= 15 is 0 Å². The highest BCUT2D eigenvalue weighted by Gasteiger charge is 2.19. The van der Waals surface area contributed by atoms with Crippen molar-refractivity contribution in [3.8, 4) is 5.75 Å². The predicted octanol–water partition coefficient (Wildman–Crippen LogP) is 3.75. The van der Waals surface area contributed by atoms with Crippen LogP contribution in [-0.4, -0.2) is 44.2 Å². The summed E-state index contributed by atoms with van der Waals surface area (Å²) in [6, 6.07) is 6.55. The van der Waals surface area contributed by atoms with E-state index in [1.807, 2.05) is 0 Å². The van der Waals surface area contributed by atoms with Gasteiger partial charge in [-0.3, -0.25) is 0 Å². The summed E-state index contributed by atoms with van der Waals surface area (Å²) < 4.78 is 6.10. The molecule has 0 aromatic heterocycles. The molecule has 0 spiro atoms. The smallest absolute Gasteiger partial charge is 0.123 e. The zero-order valence-electron chi connectivity index (χ0n) is 15.5. The normalized spacial score (nSPS) is 17.0. The van der Waals surface area contributed by atoms with Crippen LogP contribution in [0.5, 0.6) is 5.75 Å². The highest BCUT2D eigenvalue weighted by molar-refractivity contribution is 5.41. The van der Waals surface area contributed by atoms with Gasteiger partial charge in [-0.15, -0.1) is 0 Å². The van der Waals surface area contributed by atoms with Crippen LogP contribution < -0.4 is 10.1 Å². The molecule has 1 N–H and O–H groups in total. The molecule has 3 heteroatoms. The Labute approximate surface area is 142 Å². The molecular formula is C20H34N2O. The van der Waals surface area contributed by atoms with Gasteiger partial charge in [-0.1, -0.05) is 38.5 Å². The first-order valence-electron chi connectivity index (χ1n) is 9.14. The molecule has 130 valence electrons. The van der Waals surface area contributed by atoms with Crippen molar-refractivity contribution in [2.45, 2.75) is 52.4 Å². The molecule has 1 fully saturated rings. The van der Waals surface area contributed by atoms with Crippen LogP contribution in [0, 0.1) is 6.92 Å². The molecule has 0 bridgehead atoms. The minimum absolute atomic E-state index is 0.125. The molecule has 1 heterocycles. The standard InChI is InChI=1S/C20H34N2O/c1-17-8-9-19(18(16-17)20(2,3)4)23-15-6-5-12-22-13-7-10-21-11-14-22/h8-9,16,21H,5-7,10-15H2,1-4H3. The topological polar surface area (TPSA) is 24.5 Å². The molecule has 0 radical (unpaired) electrons. The Hall–Kier alpha value is -1.06. The van der Waals surface area contributed by atoms with E-state index in [0.717, 1.165) is 25.3 Å². The quantitative estimate of drug-likeness (QED) is 0.809. The third kappa shape index (κ3) is 6.15. The molecule has 0 saturated carbocycles. The van der Waals surface area contributed by atoms with Gasteiger partial charge in [-0.25, -0.2) is 0 Å². The van der Waals surface area contributed by atoms with Gasteiger partial charge in [0.1, 0.15) is 5.75 Å². The first kappa shape index (κ1) is 18.3. The average molecular weight is 319 g/mol. The lowest BCUT2D eigenvalue weighted by Gasteiger charge is -2.23. The SMILES string of the molecule is Cc1ccc(OCCCCN2CCCNCC2)c(C(C)(C)C)c1. The Bertz CT molecular complexity index is 471. The summed E-state index contributed by atoms with van der Waals surface area (Å²) in [7, 11) is 0. The van der Waals surface area contributed by atoms with Gasteiger partial charge in [0, 0.05) is 13.1 Å². The second-order valence-electron chi connectivity index (χ2n) is 7.75. The summed E-state index contributed by atoms with van der Waals surface area (Å²) in [6.45, 7) is 15.6. The van der Waals surface area contributed by atoms with Crippen LogP contribution in [0.2, 0.25) is 0 Å². The van der Waals surface area contributed by atoms with Crippen LogP contribution >= 0.6 is 0 Å². The molecule has 0 aliphatic carbocycles. The molecular weight excluding hydrogens is 284 g/mol. The average Bonchev–Trinajstić information content (AvgIpc) is 2.76. The molecule has 1 saturated heterocycles. The lowest BCUT2D eigenvalue weighted by Crippen LogP contribution is -2.29. The van der Waals surface area contributed by atoms with Gasteiger partial charge in [0.05, 0.1) is 6.61 Å². The van der Waals surface area contributed by atoms with Crippen LogP contribution in [-0.2, 0) is 5.41 Å². The Balaban J connectivity index is 1.76. The van der Waals surface area contributed by atoms with Gasteiger partial charge in [0.15, 0.2) is 0 Å². The lowest BCUT2D eigenvalue weighted by atomic mass is 9.85. The van der Waals surface area contributed by atoms with Crippen LogP contribution in [0.1, 0.15) is 51.2 Å². The first-order valence-corrected chi connectivity index (χ1v) is 9.14. The molecule has 2 rings (SSSR count). The van der Waals surface area contributed by atoms with Crippen LogP contribution in [0.25, 0.3) is 0 Å². The van der Waals surface area contributed by atoms with Crippen LogP contribution in [0.4, 0.5) is 0 Å². The Kier molecular flexibility index (Phi) is 6.91. The minimum atomic E-state index is 0.125. The molecule has 1 aliphatic rings. The molecule has 23 heavy (non-hydrogen) atoms. The van der Waals surface area contributed by atoms with E-state index in [9.17, 15) is 0 Å². The number of benzene rings is 1. The number of ether oxygens (including phenoxy) is 1. The number of hydrogen-bond acceptors (Lipinski definition) is 3. The molecule has 0 atom stereocenters. The predicted molar refractivity (Wildman–Crippen MR) is 98.5 cm³/mol. The Morgan fingerprint density at radius 2 is 1.96 bits per heavy atom. The van der Waals surface area contributed by atoms with E-state index in [1.54, 1.807) is 0 Å². The van der Waals surface area contributed by atoms with E-state index in [-0.39, 0.29) is 5.41 Å². The third-order valence-corrected chi connectivity index (χ3v) is 4.50. The largest absolute Gasteiger partial charge is 0.493 e. The number of aryl methyl sites for hydroxylation is 1. The van der Waals surface area contributed by atoms with Crippen molar-refractivity contribution in [2.24, 2.45) is 0 Å². The molecule has 0 unspecified atom stereocenters. The second-order valence-corrected chi connectivity index (χ2v) is 7.75. The number of unbranched alkanes of at least 4 members (excludes halogenated alkanes) is 1. The zero-order chi connectivity index (χ0) is 16.7. The van der Waals surface area contributed by atoms with Crippen LogP contribution in [0.15, 0.2) is 18.2 Å². The monoisotopic (exact) mass is 318 g/mol. The van der Waals surface area contributed by atoms with E-state index in [0.29, 0.717) is 0 Å². The summed E-state index contributed by atoms with van der Waals surface area (Å²) in [5.41, 5.74) is 2.74. The van der Waals surface area contributed by atoms with Crippen molar-refractivity contribution in [2.75, 3.05) is 39.3 Å². The summed E-state index contributed by atoms with van der Waals surface area (Å²) in [6.07, 6.45) is 3.62. The summed E-state index contributed by atoms with van der Waals surface area (Å²) in [5.74, 6) is 1.06. The fraction of sp³-hybridized carbons (Fsp3) is 0.700. The molecule has 1 aromatic rings. The van der Waals surface area contributed by atoms with Crippen LogP contribution in [0.3, 0.4) is 0 Å². The highest BCUT2D eigenvalue weighted by Crippen LogP contribution is 2.32. The van der Waals surface area contributed by atoms with E-state index in [4.69, 9.17) is 4.74 Å². The van der Waals surface area contributed by atoms with Gasteiger partial charge in [0.25, 0.3) is 0 Å². The molecule has 0 amide bonds. The van der Waals surface area contributed by atoms with Crippen molar-refractivity contribution < 1.29 is 4.74 Å². The summed E-state index contributed by atoms with van der Waals surface area (Å²) in [5, 5.41) is 3.46. The van der Waals surface area contributed by atoms with E-state index in [2.05, 4.69) is 56.1 Å². The van der Waals surface area contributed by atoms with Crippen molar-refractivity contribution in [3.63, 3.8) is 0 Å². The highest BCUT2D eigenvalue weighted by atomic mass is 16.5. The maximum atomic E-state index is 6.10. The maximum absolute atomic E-state index is 6.10. The number of nitrogens with one attached hydrogen (secondary N) is 1. The summed E-state index contributed by atoms with van der Waals surface area (Å²) >= 11 is 0. The van der Waals surface area contributed by atoms with Gasteiger partial charge in [0.2, 0.25) is 0 Å². The second kappa shape index (κ2) is 8.70. The zero-order valence-corrected chi connectivity index (χ0v) is 15.5. The van der Waals surface area contributed by atoms with Crippen molar-refractivity contribution in [1.82, 2.24) is 10.2 Å². The molecule has 1 aromatic carbocycles. The van der Waals surface area contributed by atoms with E-state index < -0.39 is 0 Å². The number of rotatable bonds is 6. The lowest BCUT2D eigenvalue weighted by molar-refractivity contribution is 0.258. The van der Waals surface area contributed by atoms with Gasteiger partial charge < -0.3 is 15.0 Å².